The molecule has 0 heterocycles. The summed E-state index contributed by atoms with van der Waals surface area (Å²) in [5.74, 6) is 0.862. The fourth-order valence-corrected chi connectivity index (χ4v) is 1.66. The lowest BCUT2D eigenvalue weighted by atomic mass is 10.3. The summed E-state index contributed by atoms with van der Waals surface area (Å²) in [6, 6.07) is 8.27. The molecule has 0 aliphatic heterocycles. The van der Waals surface area contributed by atoms with E-state index < -0.39 is 0 Å². The molecule has 0 amide bonds. The standard InChI is InChI=1S/C13H20BrNO2/c1-10(2)15-8-13(9-16-3)17-12-6-4-11(14)5-7-12/h4-7,10,13,15H,8-9H2,1-3H3. The predicted molar refractivity (Wildman–Crippen MR) is 73.6 cm³/mol. The monoisotopic (exact) mass is 301 g/mol. The number of hydrogen-bond acceptors (Lipinski definition) is 3. The van der Waals surface area contributed by atoms with Gasteiger partial charge in [0, 0.05) is 24.2 Å². The van der Waals surface area contributed by atoms with Gasteiger partial charge in [0.25, 0.3) is 0 Å². The second-order valence-corrected chi connectivity index (χ2v) is 5.13. The molecule has 0 aliphatic carbocycles. The summed E-state index contributed by atoms with van der Waals surface area (Å²) in [7, 11) is 1.69. The molecule has 1 rings (SSSR count). The van der Waals surface area contributed by atoms with Crippen molar-refractivity contribution in [1.82, 2.24) is 5.32 Å². The molecule has 1 N–H and O–H groups in total. The Morgan fingerprint density at radius 2 is 1.88 bits per heavy atom. The van der Waals surface area contributed by atoms with Crippen LogP contribution in [0.1, 0.15) is 13.8 Å². The quantitative estimate of drug-likeness (QED) is 0.840. The van der Waals surface area contributed by atoms with Crippen molar-refractivity contribution in [2.45, 2.75) is 26.0 Å². The molecule has 1 atom stereocenters. The summed E-state index contributed by atoms with van der Waals surface area (Å²) in [5, 5.41) is 3.35. The van der Waals surface area contributed by atoms with Gasteiger partial charge in [-0.25, -0.2) is 0 Å². The number of ether oxygens (including phenoxy) is 2. The van der Waals surface area contributed by atoms with Crippen LogP contribution in [0, 0.1) is 0 Å². The Bertz CT molecular complexity index is 314. The third-order valence-corrected chi connectivity index (χ3v) is 2.75. The number of hydrogen-bond donors (Lipinski definition) is 1. The van der Waals surface area contributed by atoms with Crippen LogP contribution in [0.2, 0.25) is 0 Å². The summed E-state index contributed by atoms with van der Waals surface area (Å²) in [4.78, 5) is 0. The average molecular weight is 302 g/mol. The molecule has 1 unspecified atom stereocenters. The summed E-state index contributed by atoms with van der Waals surface area (Å²) in [6.45, 7) is 5.59. The molecule has 4 heteroatoms. The third-order valence-electron chi connectivity index (χ3n) is 2.22. The van der Waals surface area contributed by atoms with Crippen molar-refractivity contribution in [1.29, 1.82) is 0 Å². The topological polar surface area (TPSA) is 30.5 Å². The van der Waals surface area contributed by atoms with E-state index in [1.165, 1.54) is 0 Å². The van der Waals surface area contributed by atoms with E-state index >= 15 is 0 Å². The second kappa shape index (κ2) is 7.69. The highest BCUT2D eigenvalue weighted by Crippen LogP contribution is 2.17. The van der Waals surface area contributed by atoms with Gasteiger partial charge >= 0.3 is 0 Å². The van der Waals surface area contributed by atoms with Crippen molar-refractivity contribution >= 4 is 15.9 Å². The molecule has 0 bridgehead atoms. The Hall–Kier alpha value is -0.580. The van der Waals surface area contributed by atoms with Crippen LogP contribution in [-0.4, -0.2) is 32.4 Å². The lowest BCUT2D eigenvalue weighted by Gasteiger charge is -2.20. The van der Waals surface area contributed by atoms with Crippen LogP contribution in [0.5, 0.6) is 5.75 Å². The van der Waals surface area contributed by atoms with Crippen molar-refractivity contribution in [3.05, 3.63) is 28.7 Å². The molecule has 0 spiro atoms. The van der Waals surface area contributed by atoms with Gasteiger partial charge in [0.2, 0.25) is 0 Å². The molecular formula is C13H20BrNO2. The van der Waals surface area contributed by atoms with Gasteiger partial charge in [-0.3, -0.25) is 0 Å². The van der Waals surface area contributed by atoms with Crippen LogP contribution < -0.4 is 10.1 Å². The van der Waals surface area contributed by atoms with Crippen molar-refractivity contribution in [2.75, 3.05) is 20.3 Å². The van der Waals surface area contributed by atoms with E-state index in [1.54, 1.807) is 7.11 Å². The maximum absolute atomic E-state index is 5.85. The van der Waals surface area contributed by atoms with Crippen molar-refractivity contribution in [3.63, 3.8) is 0 Å². The van der Waals surface area contributed by atoms with Gasteiger partial charge in [0.15, 0.2) is 0 Å². The zero-order valence-electron chi connectivity index (χ0n) is 10.6. The third kappa shape index (κ3) is 6.05. The molecule has 0 saturated carbocycles. The lowest BCUT2D eigenvalue weighted by Crippen LogP contribution is -2.37. The molecule has 1 aromatic rings. The SMILES string of the molecule is COCC(CNC(C)C)Oc1ccc(Br)cc1. The molecule has 96 valence electrons. The van der Waals surface area contributed by atoms with Gasteiger partial charge in [0.05, 0.1) is 6.61 Å². The van der Waals surface area contributed by atoms with Gasteiger partial charge in [-0.2, -0.15) is 0 Å². The minimum Gasteiger partial charge on any atom is -0.487 e. The minimum atomic E-state index is 0.0311. The normalized spacial score (nSPS) is 12.8. The van der Waals surface area contributed by atoms with E-state index in [0.717, 1.165) is 16.8 Å². The molecule has 0 saturated heterocycles. The maximum atomic E-state index is 5.85. The molecule has 3 nitrogen and oxygen atoms in total. The molecular weight excluding hydrogens is 282 g/mol. The zero-order chi connectivity index (χ0) is 12.7. The summed E-state index contributed by atoms with van der Waals surface area (Å²) < 4.78 is 12.1. The summed E-state index contributed by atoms with van der Waals surface area (Å²) >= 11 is 3.40. The Labute approximate surface area is 112 Å². The van der Waals surface area contributed by atoms with Gasteiger partial charge in [-0.15, -0.1) is 0 Å². The first-order valence-corrected chi connectivity index (χ1v) is 6.55. The highest BCUT2D eigenvalue weighted by Gasteiger charge is 2.10. The van der Waals surface area contributed by atoms with Crippen molar-refractivity contribution in [2.24, 2.45) is 0 Å². The fourth-order valence-electron chi connectivity index (χ4n) is 1.39. The molecule has 0 radical (unpaired) electrons. The van der Waals surface area contributed by atoms with E-state index in [1.807, 2.05) is 24.3 Å². The van der Waals surface area contributed by atoms with Crippen molar-refractivity contribution < 1.29 is 9.47 Å². The predicted octanol–water partition coefficient (Wildman–Crippen LogP) is 2.84. The first-order chi connectivity index (χ1) is 8.11. The number of benzene rings is 1. The Balaban J connectivity index is 2.50. The lowest BCUT2D eigenvalue weighted by molar-refractivity contribution is 0.0794. The Morgan fingerprint density at radius 1 is 1.24 bits per heavy atom. The van der Waals surface area contributed by atoms with E-state index in [0.29, 0.717) is 12.6 Å². The van der Waals surface area contributed by atoms with Crippen molar-refractivity contribution in [3.8, 4) is 5.75 Å². The van der Waals surface area contributed by atoms with Gasteiger partial charge < -0.3 is 14.8 Å². The van der Waals surface area contributed by atoms with Gasteiger partial charge in [0.1, 0.15) is 11.9 Å². The fraction of sp³-hybridized carbons (Fsp3) is 0.538. The molecule has 17 heavy (non-hydrogen) atoms. The van der Waals surface area contributed by atoms with Crippen LogP contribution in [0.15, 0.2) is 28.7 Å². The van der Waals surface area contributed by atoms with Gasteiger partial charge in [-0.1, -0.05) is 29.8 Å². The summed E-state index contributed by atoms with van der Waals surface area (Å²) in [6.07, 6.45) is 0.0311. The highest BCUT2D eigenvalue weighted by atomic mass is 79.9. The smallest absolute Gasteiger partial charge is 0.134 e. The first-order valence-electron chi connectivity index (χ1n) is 5.76. The molecule has 0 aliphatic rings. The number of rotatable bonds is 7. The summed E-state index contributed by atoms with van der Waals surface area (Å²) in [5.41, 5.74) is 0. The van der Waals surface area contributed by atoms with E-state index in [2.05, 4.69) is 35.1 Å². The largest absolute Gasteiger partial charge is 0.487 e. The average Bonchev–Trinajstić information content (AvgIpc) is 2.29. The first kappa shape index (κ1) is 14.5. The van der Waals surface area contributed by atoms with Crippen LogP contribution in [0.4, 0.5) is 0 Å². The minimum absolute atomic E-state index is 0.0311. The number of methoxy groups -OCH3 is 1. The van der Waals surface area contributed by atoms with Crippen LogP contribution in [-0.2, 0) is 4.74 Å². The van der Waals surface area contributed by atoms with E-state index in [-0.39, 0.29) is 6.10 Å². The Morgan fingerprint density at radius 3 is 2.41 bits per heavy atom. The van der Waals surface area contributed by atoms with Crippen LogP contribution >= 0.6 is 15.9 Å². The molecule has 0 aromatic heterocycles. The zero-order valence-corrected chi connectivity index (χ0v) is 12.2. The number of halogens is 1. The van der Waals surface area contributed by atoms with E-state index in [9.17, 15) is 0 Å². The Kier molecular flexibility index (Phi) is 6.55. The molecule has 0 fully saturated rings. The number of nitrogens with one attached hydrogen (secondary N) is 1. The highest BCUT2D eigenvalue weighted by molar-refractivity contribution is 9.10. The molecule has 1 aromatic carbocycles. The second-order valence-electron chi connectivity index (χ2n) is 4.21. The maximum Gasteiger partial charge on any atom is 0.134 e. The van der Waals surface area contributed by atoms with Crippen LogP contribution in [0.25, 0.3) is 0 Å². The van der Waals surface area contributed by atoms with Gasteiger partial charge in [-0.05, 0) is 24.3 Å². The van der Waals surface area contributed by atoms with E-state index in [4.69, 9.17) is 9.47 Å². The van der Waals surface area contributed by atoms with Crippen LogP contribution in [0.3, 0.4) is 0 Å².